The van der Waals surface area contributed by atoms with E-state index in [1.165, 1.54) is 6.07 Å². The Balaban J connectivity index is 2.80. The van der Waals surface area contributed by atoms with Crippen LogP contribution in [0.2, 0.25) is 0 Å². The van der Waals surface area contributed by atoms with Crippen molar-refractivity contribution in [2.24, 2.45) is 0 Å². The van der Waals surface area contributed by atoms with Gasteiger partial charge in [0.2, 0.25) is 0 Å². The third-order valence-electron chi connectivity index (χ3n) is 1.91. The van der Waals surface area contributed by atoms with E-state index in [-0.39, 0.29) is 5.82 Å². The molecular weight excluding hydrogens is 177 g/mol. The van der Waals surface area contributed by atoms with Crippen LogP contribution in [-0.2, 0) is 6.54 Å². The minimum Gasteiger partial charge on any atom is -0.310 e. The summed E-state index contributed by atoms with van der Waals surface area (Å²) in [6.07, 6.45) is 5.23. The molecule has 0 aliphatic heterocycles. The quantitative estimate of drug-likeness (QED) is 0.723. The Morgan fingerprint density at radius 2 is 2.21 bits per heavy atom. The zero-order valence-electron chi connectivity index (χ0n) is 8.47. The molecule has 1 nitrogen and oxygen atoms in total. The van der Waals surface area contributed by atoms with Gasteiger partial charge in [0.15, 0.2) is 0 Å². The molecule has 0 saturated heterocycles. The minimum absolute atomic E-state index is 0.211. The van der Waals surface area contributed by atoms with Gasteiger partial charge in [-0.15, -0.1) is 6.42 Å². The maximum atomic E-state index is 13.2. The second-order valence-corrected chi connectivity index (χ2v) is 3.49. The van der Waals surface area contributed by atoms with Crippen molar-refractivity contribution in [3.63, 3.8) is 0 Å². The average Bonchev–Trinajstić information content (AvgIpc) is 2.16. The molecule has 0 aliphatic rings. The fourth-order valence-corrected chi connectivity index (χ4v) is 1.11. The smallest absolute Gasteiger partial charge is 0.127 e. The van der Waals surface area contributed by atoms with E-state index in [2.05, 4.69) is 11.2 Å². The number of hydrogen-bond acceptors (Lipinski definition) is 1. The molecule has 0 amide bonds. The minimum atomic E-state index is -0.211. The second kappa shape index (κ2) is 4.78. The van der Waals surface area contributed by atoms with Crippen LogP contribution in [0.5, 0.6) is 0 Å². The third kappa shape index (κ3) is 2.86. The molecule has 0 fully saturated rings. The predicted molar refractivity (Wildman–Crippen MR) is 56.3 cm³/mol. The topological polar surface area (TPSA) is 12.0 Å². The van der Waals surface area contributed by atoms with Crippen LogP contribution < -0.4 is 5.32 Å². The Morgan fingerprint density at radius 1 is 1.50 bits per heavy atom. The summed E-state index contributed by atoms with van der Waals surface area (Å²) in [5.74, 6) is 2.28. The molecule has 0 radical (unpaired) electrons. The molecule has 0 aliphatic carbocycles. The number of benzene rings is 1. The summed E-state index contributed by atoms with van der Waals surface area (Å²) in [5, 5.41) is 3.15. The van der Waals surface area contributed by atoms with Gasteiger partial charge in [0.1, 0.15) is 5.82 Å². The first-order valence-corrected chi connectivity index (χ1v) is 4.62. The summed E-state index contributed by atoms with van der Waals surface area (Å²) < 4.78 is 13.2. The fourth-order valence-electron chi connectivity index (χ4n) is 1.11. The largest absolute Gasteiger partial charge is 0.310 e. The van der Waals surface area contributed by atoms with Crippen LogP contribution >= 0.6 is 0 Å². The first kappa shape index (κ1) is 10.7. The highest BCUT2D eigenvalue weighted by Crippen LogP contribution is 2.09. The van der Waals surface area contributed by atoms with Crippen molar-refractivity contribution in [3.8, 4) is 12.3 Å². The van der Waals surface area contributed by atoms with Gasteiger partial charge < -0.3 is 5.32 Å². The number of terminal acetylenes is 1. The molecule has 1 N–H and O–H groups in total. The summed E-state index contributed by atoms with van der Waals surface area (Å²) >= 11 is 0. The highest BCUT2D eigenvalue weighted by Gasteiger charge is 2.03. The summed E-state index contributed by atoms with van der Waals surface area (Å²) in [7, 11) is 0. The lowest BCUT2D eigenvalue weighted by molar-refractivity contribution is 0.553. The van der Waals surface area contributed by atoms with E-state index in [9.17, 15) is 4.39 Å². The summed E-state index contributed by atoms with van der Waals surface area (Å²) in [6.45, 7) is 4.55. The first-order valence-electron chi connectivity index (χ1n) is 4.62. The van der Waals surface area contributed by atoms with Crippen molar-refractivity contribution in [3.05, 3.63) is 35.1 Å². The van der Waals surface area contributed by atoms with Crippen LogP contribution in [0.4, 0.5) is 4.39 Å². The molecule has 0 aromatic heterocycles. The van der Waals surface area contributed by atoms with Crippen molar-refractivity contribution in [1.29, 1.82) is 0 Å². The molecule has 74 valence electrons. The Morgan fingerprint density at radius 3 is 2.79 bits per heavy atom. The third-order valence-corrected chi connectivity index (χ3v) is 1.91. The monoisotopic (exact) mass is 191 g/mol. The van der Waals surface area contributed by atoms with E-state index in [0.717, 1.165) is 0 Å². The summed E-state index contributed by atoms with van der Waals surface area (Å²) in [5.41, 5.74) is 1.33. The number of halogens is 1. The average molecular weight is 191 g/mol. The van der Waals surface area contributed by atoms with Gasteiger partial charge in [-0.05, 0) is 18.2 Å². The van der Waals surface area contributed by atoms with Gasteiger partial charge in [-0.1, -0.05) is 19.8 Å². The van der Waals surface area contributed by atoms with Gasteiger partial charge in [-0.25, -0.2) is 4.39 Å². The van der Waals surface area contributed by atoms with Crippen molar-refractivity contribution < 1.29 is 4.39 Å². The highest BCUT2D eigenvalue weighted by molar-refractivity contribution is 5.36. The zero-order valence-corrected chi connectivity index (χ0v) is 8.47. The molecule has 0 atom stereocenters. The van der Waals surface area contributed by atoms with Crippen molar-refractivity contribution >= 4 is 0 Å². The molecule has 1 aromatic carbocycles. The van der Waals surface area contributed by atoms with Crippen molar-refractivity contribution in [1.82, 2.24) is 5.32 Å². The number of nitrogens with one attached hydrogen (secondary N) is 1. The summed E-state index contributed by atoms with van der Waals surface area (Å²) in [4.78, 5) is 0. The van der Waals surface area contributed by atoms with Gasteiger partial charge in [0.05, 0.1) is 0 Å². The Hall–Kier alpha value is -1.33. The lowest BCUT2D eigenvalue weighted by atomic mass is 10.1. The van der Waals surface area contributed by atoms with E-state index in [1.807, 2.05) is 13.8 Å². The van der Waals surface area contributed by atoms with E-state index in [1.54, 1.807) is 12.1 Å². The van der Waals surface area contributed by atoms with Gasteiger partial charge in [-0.3, -0.25) is 0 Å². The van der Waals surface area contributed by atoms with Crippen LogP contribution in [0.15, 0.2) is 18.2 Å². The van der Waals surface area contributed by atoms with Gasteiger partial charge in [0, 0.05) is 23.7 Å². The normalized spacial score (nSPS) is 10.2. The molecule has 14 heavy (non-hydrogen) atoms. The lowest BCUT2D eigenvalue weighted by Gasteiger charge is -2.09. The Bertz CT molecular complexity index is 350. The van der Waals surface area contributed by atoms with E-state index < -0.39 is 0 Å². The SMILES string of the molecule is C#Cc1ccc(F)c(CNC(C)C)c1. The van der Waals surface area contributed by atoms with Crippen LogP contribution in [0, 0.1) is 18.2 Å². The molecule has 0 spiro atoms. The standard InChI is InChI=1S/C12H14FN/c1-4-10-5-6-12(13)11(7-10)8-14-9(2)3/h1,5-7,9,14H,8H2,2-3H3. The van der Waals surface area contributed by atoms with Crippen LogP contribution in [0.3, 0.4) is 0 Å². The molecular formula is C12H14FN. The number of rotatable bonds is 3. The predicted octanol–water partition coefficient (Wildman–Crippen LogP) is 2.31. The molecule has 0 heterocycles. The number of hydrogen-bond donors (Lipinski definition) is 1. The maximum absolute atomic E-state index is 13.2. The Kier molecular flexibility index (Phi) is 3.67. The molecule has 1 aromatic rings. The van der Waals surface area contributed by atoms with Crippen molar-refractivity contribution in [2.45, 2.75) is 26.4 Å². The fraction of sp³-hybridized carbons (Fsp3) is 0.333. The maximum Gasteiger partial charge on any atom is 0.127 e. The van der Waals surface area contributed by atoms with Gasteiger partial charge in [0.25, 0.3) is 0 Å². The van der Waals surface area contributed by atoms with Crippen molar-refractivity contribution in [2.75, 3.05) is 0 Å². The second-order valence-electron chi connectivity index (χ2n) is 3.49. The van der Waals surface area contributed by atoms with Crippen LogP contribution in [0.1, 0.15) is 25.0 Å². The lowest BCUT2D eigenvalue weighted by Crippen LogP contribution is -2.22. The molecule has 0 unspecified atom stereocenters. The zero-order chi connectivity index (χ0) is 10.6. The van der Waals surface area contributed by atoms with E-state index >= 15 is 0 Å². The molecule has 0 bridgehead atoms. The van der Waals surface area contributed by atoms with Gasteiger partial charge in [-0.2, -0.15) is 0 Å². The molecule has 0 saturated carbocycles. The van der Waals surface area contributed by atoms with E-state index in [4.69, 9.17) is 6.42 Å². The first-order chi connectivity index (χ1) is 6.63. The molecule has 1 rings (SSSR count). The van der Waals surface area contributed by atoms with Crippen LogP contribution in [-0.4, -0.2) is 6.04 Å². The van der Waals surface area contributed by atoms with Gasteiger partial charge >= 0.3 is 0 Å². The molecule has 2 heteroatoms. The Labute approximate surface area is 84.3 Å². The highest BCUT2D eigenvalue weighted by atomic mass is 19.1. The summed E-state index contributed by atoms with van der Waals surface area (Å²) in [6, 6.07) is 5.05. The van der Waals surface area contributed by atoms with Crippen LogP contribution in [0.25, 0.3) is 0 Å². The van der Waals surface area contributed by atoms with E-state index in [0.29, 0.717) is 23.7 Å².